The van der Waals surface area contributed by atoms with Crippen LogP contribution in [0.3, 0.4) is 0 Å². The third-order valence-corrected chi connectivity index (χ3v) is 6.98. The maximum absolute atomic E-state index is 13.0. The molecule has 1 saturated heterocycles. The first kappa shape index (κ1) is 24.3. The Balaban J connectivity index is 1.35. The molecule has 0 atom stereocenters. The standard InChI is InChI=1S/C25H24ClFN2O4S/c26-20-12-17(6-11-21(20)33-15-23(30)28-19-9-7-18(27)8-10-19)13-22-24(31)29(25(32)34-22)14-16-4-2-1-3-5-16/h6-13,16H,1-5,14-15H2,(H,28,30)/b22-13+. The van der Waals surface area contributed by atoms with Gasteiger partial charge in [0.2, 0.25) is 0 Å². The second-order valence-electron chi connectivity index (χ2n) is 8.33. The number of rotatable bonds is 7. The molecule has 1 N–H and O–H groups in total. The molecule has 9 heteroatoms. The van der Waals surface area contributed by atoms with E-state index in [4.69, 9.17) is 16.3 Å². The third kappa shape index (κ3) is 6.18. The molecular weight excluding hydrogens is 479 g/mol. The van der Waals surface area contributed by atoms with Crippen LogP contribution in [0.5, 0.6) is 5.75 Å². The summed E-state index contributed by atoms with van der Waals surface area (Å²) in [7, 11) is 0. The van der Waals surface area contributed by atoms with Gasteiger partial charge in [0.15, 0.2) is 6.61 Å². The largest absolute Gasteiger partial charge is 0.482 e. The number of thioether (sulfide) groups is 1. The van der Waals surface area contributed by atoms with Gasteiger partial charge in [-0.3, -0.25) is 19.3 Å². The molecule has 34 heavy (non-hydrogen) atoms. The fraction of sp³-hybridized carbons (Fsp3) is 0.320. The van der Waals surface area contributed by atoms with Crippen molar-refractivity contribution in [3.63, 3.8) is 0 Å². The van der Waals surface area contributed by atoms with Crippen molar-refractivity contribution in [1.29, 1.82) is 0 Å². The Labute approximate surface area is 206 Å². The van der Waals surface area contributed by atoms with Crippen molar-refractivity contribution in [1.82, 2.24) is 4.90 Å². The summed E-state index contributed by atoms with van der Waals surface area (Å²) in [5, 5.41) is 2.63. The van der Waals surface area contributed by atoms with E-state index >= 15 is 0 Å². The summed E-state index contributed by atoms with van der Waals surface area (Å²) in [5.41, 5.74) is 1.10. The molecule has 0 bridgehead atoms. The summed E-state index contributed by atoms with van der Waals surface area (Å²) in [6.45, 7) is 0.200. The molecule has 2 aromatic carbocycles. The molecule has 3 amide bonds. The van der Waals surface area contributed by atoms with Gasteiger partial charge in [-0.2, -0.15) is 0 Å². The molecule has 6 nitrogen and oxygen atoms in total. The highest BCUT2D eigenvalue weighted by Crippen LogP contribution is 2.35. The number of nitrogens with zero attached hydrogens (tertiary/aromatic N) is 1. The molecule has 2 aliphatic rings. The molecule has 1 aliphatic carbocycles. The molecular formula is C25H24ClFN2O4S. The maximum Gasteiger partial charge on any atom is 0.293 e. The molecule has 0 unspecified atom stereocenters. The summed E-state index contributed by atoms with van der Waals surface area (Å²) in [6.07, 6.45) is 7.27. The summed E-state index contributed by atoms with van der Waals surface area (Å²) < 4.78 is 18.4. The van der Waals surface area contributed by atoms with Crippen molar-refractivity contribution >= 4 is 52.2 Å². The molecule has 0 radical (unpaired) electrons. The highest BCUT2D eigenvalue weighted by atomic mass is 35.5. The summed E-state index contributed by atoms with van der Waals surface area (Å²) in [5.74, 6) is -0.394. The number of amides is 3. The van der Waals surface area contributed by atoms with Crippen molar-refractivity contribution in [2.45, 2.75) is 32.1 Å². The predicted octanol–water partition coefficient (Wildman–Crippen LogP) is 6.11. The molecule has 0 aromatic heterocycles. The molecule has 1 aliphatic heterocycles. The second-order valence-corrected chi connectivity index (χ2v) is 9.73. The van der Waals surface area contributed by atoms with E-state index in [-0.39, 0.29) is 22.8 Å². The topological polar surface area (TPSA) is 75.7 Å². The Hall–Kier alpha value is -2.84. The molecule has 178 valence electrons. The van der Waals surface area contributed by atoms with Gasteiger partial charge in [-0.15, -0.1) is 0 Å². The maximum atomic E-state index is 13.0. The monoisotopic (exact) mass is 502 g/mol. The van der Waals surface area contributed by atoms with Crippen LogP contribution in [0, 0.1) is 11.7 Å². The normalized spacial score (nSPS) is 17.9. The lowest BCUT2D eigenvalue weighted by Crippen LogP contribution is -2.34. The minimum atomic E-state index is -0.418. The Morgan fingerprint density at radius 3 is 2.59 bits per heavy atom. The van der Waals surface area contributed by atoms with E-state index in [1.807, 2.05) is 0 Å². The SMILES string of the molecule is O=C(COc1ccc(/C=C2/SC(=O)N(CC3CCCCC3)C2=O)cc1Cl)Nc1ccc(F)cc1. The number of carbonyl (C=O) groups excluding carboxylic acids is 3. The molecule has 1 saturated carbocycles. The fourth-order valence-electron chi connectivity index (χ4n) is 4.03. The minimum Gasteiger partial charge on any atom is -0.482 e. The number of nitrogens with one attached hydrogen (secondary N) is 1. The zero-order valence-electron chi connectivity index (χ0n) is 18.4. The van der Waals surface area contributed by atoms with Gasteiger partial charge in [0.05, 0.1) is 9.93 Å². The van der Waals surface area contributed by atoms with Gasteiger partial charge in [0.25, 0.3) is 17.1 Å². The van der Waals surface area contributed by atoms with Crippen molar-refractivity contribution < 1.29 is 23.5 Å². The number of hydrogen-bond donors (Lipinski definition) is 1. The zero-order chi connectivity index (χ0) is 24.1. The summed E-state index contributed by atoms with van der Waals surface area (Å²) >= 11 is 7.24. The van der Waals surface area contributed by atoms with Gasteiger partial charge in [-0.05, 0) is 78.6 Å². The van der Waals surface area contributed by atoms with E-state index in [1.54, 1.807) is 24.3 Å². The number of benzene rings is 2. The van der Waals surface area contributed by atoms with Crippen LogP contribution in [0.2, 0.25) is 5.02 Å². The smallest absolute Gasteiger partial charge is 0.293 e. The lowest BCUT2D eigenvalue weighted by Gasteiger charge is -2.25. The first-order valence-corrected chi connectivity index (χ1v) is 12.3. The number of carbonyl (C=O) groups is 3. The number of ether oxygens (including phenoxy) is 1. The first-order valence-electron chi connectivity index (χ1n) is 11.1. The molecule has 1 heterocycles. The van der Waals surface area contributed by atoms with Crippen molar-refractivity contribution in [3.05, 3.63) is 63.8 Å². The summed E-state index contributed by atoms with van der Waals surface area (Å²) in [6, 6.07) is 10.3. The summed E-state index contributed by atoms with van der Waals surface area (Å²) in [4.78, 5) is 39.0. The van der Waals surface area contributed by atoms with Crippen LogP contribution in [-0.4, -0.2) is 35.1 Å². The quantitative estimate of drug-likeness (QED) is 0.462. The average Bonchev–Trinajstić information content (AvgIpc) is 3.08. The van der Waals surface area contributed by atoms with E-state index in [2.05, 4.69) is 5.32 Å². The second kappa shape index (κ2) is 11.1. The Kier molecular flexibility index (Phi) is 7.90. The number of imide groups is 1. The van der Waals surface area contributed by atoms with Gasteiger partial charge in [-0.1, -0.05) is 36.9 Å². The third-order valence-electron chi connectivity index (χ3n) is 5.78. The van der Waals surface area contributed by atoms with Crippen LogP contribution in [0.15, 0.2) is 47.4 Å². The lowest BCUT2D eigenvalue weighted by molar-refractivity contribution is -0.123. The molecule has 0 spiro atoms. The van der Waals surface area contributed by atoms with Gasteiger partial charge in [0.1, 0.15) is 11.6 Å². The van der Waals surface area contributed by atoms with E-state index in [0.29, 0.717) is 34.4 Å². The highest BCUT2D eigenvalue weighted by molar-refractivity contribution is 8.18. The van der Waals surface area contributed by atoms with Crippen LogP contribution < -0.4 is 10.1 Å². The van der Waals surface area contributed by atoms with Crippen LogP contribution >= 0.6 is 23.4 Å². The van der Waals surface area contributed by atoms with Gasteiger partial charge in [-0.25, -0.2) is 4.39 Å². The van der Waals surface area contributed by atoms with Crippen LogP contribution in [0.4, 0.5) is 14.9 Å². The first-order chi connectivity index (χ1) is 16.4. The fourth-order valence-corrected chi connectivity index (χ4v) is 5.13. The number of halogens is 2. The van der Waals surface area contributed by atoms with Crippen molar-refractivity contribution in [2.75, 3.05) is 18.5 Å². The zero-order valence-corrected chi connectivity index (χ0v) is 20.0. The number of anilines is 1. The highest BCUT2D eigenvalue weighted by Gasteiger charge is 2.36. The lowest BCUT2D eigenvalue weighted by atomic mass is 9.89. The minimum absolute atomic E-state index is 0.236. The molecule has 2 fully saturated rings. The van der Waals surface area contributed by atoms with Crippen molar-refractivity contribution in [3.8, 4) is 5.75 Å². The van der Waals surface area contributed by atoms with Gasteiger partial charge < -0.3 is 10.1 Å². The number of hydrogen-bond acceptors (Lipinski definition) is 5. The Morgan fingerprint density at radius 1 is 1.15 bits per heavy atom. The van der Waals surface area contributed by atoms with Crippen LogP contribution in [-0.2, 0) is 9.59 Å². The van der Waals surface area contributed by atoms with E-state index in [1.165, 1.54) is 35.6 Å². The Bertz CT molecular complexity index is 1120. The predicted molar refractivity (Wildman–Crippen MR) is 131 cm³/mol. The van der Waals surface area contributed by atoms with E-state index in [9.17, 15) is 18.8 Å². The van der Waals surface area contributed by atoms with E-state index in [0.717, 1.165) is 37.4 Å². The molecule has 2 aromatic rings. The average molecular weight is 503 g/mol. The van der Waals surface area contributed by atoms with Crippen LogP contribution in [0.25, 0.3) is 6.08 Å². The van der Waals surface area contributed by atoms with Crippen molar-refractivity contribution in [2.24, 2.45) is 5.92 Å². The van der Waals surface area contributed by atoms with Gasteiger partial charge in [0, 0.05) is 12.2 Å². The molecule has 4 rings (SSSR count). The van der Waals surface area contributed by atoms with Crippen LogP contribution in [0.1, 0.15) is 37.7 Å². The van der Waals surface area contributed by atoms with E-state index < -0.39 is 11.7 Å². The van der Waals surface area contributed by atoms with Gasteiger partial charge >= 0.3 is 0 Å². The Morgan fingerprint density at radius 2 is 1.88 bits per heavy atom.